The summed E-state index contributed by atoms with van der Waals surface area (Å²) in [5.74, 6) is 0.570. The predicted octanol–water partition coefficient (Wildman–Crippen LogP) is 5.52. The maximum Gasteiger partial charge on any atom is 0.263 e. The lowest BCUT2D eigenvalue weighted by Crippen LogP contribution is -2.44. The lowest BCUT2D eigenvalue weighted by atomic mass is 9.86. The molecule has 1 N–H and O–H groups in total. The van der Waals surface area contributed by atoms with Gasteiger partial charge in [-0.2, -0.15) is 0 Å². The number of nitrogens with one attached hydrogen (secondary N) is 1. The van der Waals surface area contributed by atoms with E-state index in [1.54, 1.807) is 12.4 Å². The standard InChI is InChI=1S/C32H37N7OS/c1-32(2,3)31-35-20-28(41-31)30(40)37-26-7-5-6-21-18-22(8-10-24(21)26)25-12-13-33-29(36-25)27-11-9-23(19-34-27)39-16-14-38(4)15-17-39/h8-13,18-20,26H,5-7,14-17H2,1-4H3,(H,37,40). The number of piperazine rings is 1. The van der Waals surface area contributed by atoms with Gasteiger partial charge in [-0.3, -0.25) is 9.78 Å². The summed E-state index contributed by atoms with van der Waals surface area (Å²) in [5.41, 5.74) is 6.20. The second-order valence-electron chi connectivity index (χ2n) is 12.1. The zero-order chi connectivity index (χ0) is 28.6. The third-order valence-electron chi connectivity index (χ3n) is 7.93. The van der Waals surface area contributed by atoms with Crippen molar-refractivity contribution < 1.29 is 4.79 Å². The van der Waals surface area contributed by atoms with Gasteiger partial charge in [-0.25, -0.2) is 15.0 Å². The molecule has 1 aliphatic heterocycles. The number of aromatic nitrogens is 4. The molecule has 8 nitrogen and oxygen atoms in total. The van der Waals surface area contributed by atoms with Gasteiger partial charge in [0.1, 0.15) is 10.6 Å². The highest BCUT2D eigenvalue weighted by Gasteiger charge is 2.25. The molecule has 4 heterocycles. The van der Waals surface area contributed by atoms with E-state index in [0.717, 1.165) is 73.1 Å². The molecule has 41 heavy (non-hydrogen) atoms. The normalized spacial score (nSPS) is 17.8. The number of thiazole rings is 1. The van der Waals surface area contributed by atoms with Crippen LogP contribution in [-0.4, -0.2) is 64.0 Å². The zero-order valence-corrected chi connectivity index (χ0v) is 25.0. The second kappa shape index (κ2) is 11.3. The fraction of sp³-hybridized carbons (Fsp3) is 0.406. The van der Waals surface area contributed by atoms with Crippen LogP contribution in [0.5, 0.6) is 0 Å². The van der Waals surface area contributed by atoms with E-state index < -0.39 is 0 Å². The van der Waals surface area contributed by atoms with Crippen LogP contribution in [0.2, 0.25) is 0 Å². The van der Waals surface area contributed by atoms with Gasteiger partial charge in [0.2, 0.25) is 0 Å². The number of carbonyl (C=O) groups excluding carboxylic acids is 1. The lowest BCUT2D eigenvalue weighted by molar-refractivity contribution is 0.0936. The Morgan fingerprint density at radius 2 is 1.80 bits per heavy atom. The number of likely N-dealkylation sites (N-methyl/N-ethyl adjacent to an activating group) is 1. The Bertz CT molecular complexity index is 1530. The average Bonchev–Trinajstić information content (AvgIpc) is 3.50. The van der Waals surface area contributed by atoms with Crippen LogP contribution in [0.25, 0.3) is 22.8 Å². The molecule has 4 aromatic rings. The van der Waals surface area contributed by atoms with Crippen LogP contribution >= 0.6 is 11.3 Å². The number of nitrogens with zero attached hydrogens (tertiary/aromatic N) is 6. The first-order valence-corrected chi connectivity index (χ1v) is 15.2. The predicted molar refractivity (Wildman–Crippen MR) is 164 cm³/mol. The molecule has 6 rings (SSSR count). The monoisotopic (exact) mass is 567 g/mol. The largest absolute Gasteiger partial charge is 0.368 e. The molecule has 1 saturated heterocycles. The second-order valence-corrected chi connectivity index (χ2v) is 13.1. The molecular weight excluding hydrogens is 530 g/mol. The molecule has 9 heteroatoms. The number of rotatable bonds is 5. The van der Waals surface area contributed by atoms with Crippen LogP contribution in [0.15, 0.2) is 55.0 Å². The summed E-state index contributed by atoms with van der Waals surface area (Å²) in [7, 11) is 2.16. The molecule has 1 amide bonds. The Balaban J connectivity index is 1.18. The first-order valence-electron chi connectivity index (χ1n) is 14.4. The lowest BCUT2D eigenvalue weighted by Gasteiger charge is -2.33. The van der Waals surface area contributed by atoms with Gasteiger partial charge in [-0.15, -0.1) is 11.3 Å². The van der Waals surface area contributed by atoms with Crippen LogP contribution in [0.1, 0.15) is 65.5 Å². The number of pyridine rings is 1. The molecule has 0 saturated carbocycles. The Morgan fingerprint density at radius 3 is 2.54 bits per heavy atom. The van der Waals surface area contributed by atoms with E-state index in [1.165, 1.54) is 22.5 Å². The summed E-state index contributed by atoms with van der Waals surface area (Å²) >= 11 is 1.48. The molecule has 1 fully saturated rings. The van der Waals surface area contributed by atoms with Crippen LogP contribution in [-0.2, 0) is 11.8 Å². The number of hydrogen-bond donors (Lipinski definition) is 1. The fourth-order valence-corrected chi connectivity index (χ4v) is 6.37. The van der Waals surface area contributed by atoms with Crippen molar-refractivity contribution >= 4 is 22.9 Å². The number of hydrogen-bond acceptors (Lipinski definition) is 8. The number of anilines is 1. The van der Waals surface area contributed by atoms with Crippen molar-refractivity contribution in [3.63, 3.8) is 0 Å². The maximum atomic E-state index is 13.1. The third kappa shape index (κ3) is 6.01. The number of fused-ring (bicyclic) bond motifs is 1. The minimum Gasteiger partial charge on any atom is -0.368 e. The average molecular weight is 568 g/mol. The van der Waals surface area contributed by atoms with Gasteiger partial charge in [0.25, 0.3) is 5.91 Å². The zero-order valence-electron chi connectivity index (χ0n) is 24.2. The highest BCUT2D eigenvalue weighted by Crippen LogP contribution is 2.34. The number of benzene rings is 1. The Morgan fingerprint density at radius 1 is 0.976 bits per heavy atom. The van der Waals surface area contributed by atoms with Gasteiger partial charge in [0.05, 0.1) is 34.8 Å². The van der Waals surface area contributed by atoms with Crippen LogP contribution in [0, 0.1) is 0 Å². The van der Waals surface area contributed by atoms with Crippen molar-refractivity contribution in [2.75, 3.05) is 38.1 Å². The van der Waals surface area contributed by atoms with E-state index in [-0.39, 0.29) is 17.4 Å². The quantitative estimate of drug-likeness (QED) is 0.340. The summed E-state index contributed by atoms with van der Waals surface area (Å²) in [6.07, 6.45) is 8.37. The van der Waals surface area contributed by atoms with Gasteiger partial charge in [0.15, 0.2) is 5.82 Å². The molecule has 1 aliphatic carbocycles. The molecule has 0 bridgehead atoms. The molecular formula is C32H37N7OS. The van der Waals surface area contributed by atoms with E-state index in [2.05, 4.69) is 77.2 Å². The van der Waals surface area contributed by atoms with Crippen molar-refractivity contribution in [2.24, 2.45) is 0 Å². The number of carbonyl (C=O) groups is 1. The van der Waals surface area contributed by atoms with Crippen molar-refractivity contribution in [1.29, 1.82) is 0 Å². The van der Waals surface area contributed by atoms with Crippen LogP contribution < -0.4 is 10.2 Å². The molecule has 1 unspecified atom stereocenters. The Labute approximate surface area is 245 Å². The van der Waals surface area contributed by atoms with Gasteiger partial charge in [0, 0.05) is 43.4 Å². The minimum atomic E-state index is -0.0674. The van der Waals surface area contributed by atoms with Crippen LogP contribution in [0.3, 0.4) is 0 Å². The van der Waals surface area contributed by atoms with E-state index in [9.17, 15) is 4.79 Å². The molecule has 0 radical (unpaired) electrons. The molecule has 1 aromatic carbocycles. The first kappa shape index (κ1) is 27.5. The van der Waals surface area contributed by atoms with Crippen molar-refractivity contribution in [2.45, 2.75) is 51.5 Å². The van der Waals surface area contributed by atoms with E-state index in [1.807, 2.05) is 18.3 Å². The number of aryl methyl sites for hydroxylation is 1. The van der Waals surface area contributed by atoms with E-state index in [0.29, 0.717) is 10.7 Å². The van der Waals surface area contributed by atoms with Crippen molar-refractivity contribution in [3.05, 3.63) is 76.0 Å². The summed E-state index contributed by atoms with van der Waals surface area (Å²) in [6.45, 7) is 10.5. The SMILES string of the molecule is CN1CCN(c2ccc(-c3nccc(-c4ccc5c(c4)CCCC5NC(=O)c4cnc(C(C)(C)C)s4)n3)nc2)CC1. The summed E-state index contributed by atoms with van der Waals surface area (Å²) in [6, 6.07) is 12.5. The summed E-state index contributed by atoms with van der Waals surface area (Å²) in [5, 5.41) is 4.24. The van der Waals surface area contributed by atoms with E-state index in [4.69, 9.17) is 9.97 Å². The van der Waals surface area contributed by atoms with Gasteiger partial charge < -0.3 is 15.1 Å². The summed E-state index contributed by atoms with van der Waals surface area (Å²) in [4.78, 5) is 37.0. The Kier molecular flexibility index (Phi) is 7.57. The van der Waals surface area contributed by atoms with Crippen LogP contribution in [0.4, 0.5) is 5.69 Å². The van der Waals surface area contributed by atoms with Gasteiger partial charge >= 0.3 is 0 Å². The van der Waals surface area contributed by atoms with Gasteiger partial charge in [-0.05, 0) is 61.7 Å². The topological polar surface area (TPSA) is 87.1 Å². The molecule has 3 aromatic heterocycles. The molecule has 1 atom stereocenters. The smallest absolute Gasteiger partial charge is 0.263 e. The third-order valence-corrected chi connectivity index (χ3v) is 9.35. The maximum absolute atomic E-state index is 13.1. The molecule has 0 spiro atoms. The molecule has 2 aliphatic rings. The minimum absolute atomic E-state index is 0.00975. The number of amides is 1. The van der Waals surface area contributed by atoms with Gasteiger partial charge in [-0.1, -0.05) is 32.9 Å². The fourth-order valence-electron chi connectivity index (χ4n) is 5.49. The first-order chi connectivity index (χ1) is 19.7. The van der Waals surface area contributed by atoms with Crippen molar-refractivity contribution in [1.82, 2.24) is 30.2 Å². The highest BCUT2D eigenvalue weighted by atomic mass is 32.1. The Hall–Kier alpha value is -3.69. The van der Waals surface area contributed by atoms with E-state index >= 15 is 0 Å². The molecule has 212 valence electrons. The summed E-state index contributed by atoms with van der Waals surface area (Å²) < 4.78 is 0. The van der Waals surface area contributed by atoms with Crippen molar-refractivity contribution in [3.8, 4) is 22.8 Å². The highest BCUT2D eigenvalue weighted by molar-refractivity contribution is 7.13.